The summed E-state index contributed by atoms with van der Waals surface area (Å²) >= 11 is 1.16. The van der Waals surface area contributed by atoms with Crippen molar-refractivity contribution in [2.45, 2.75) is 55.7 Å². The summed E-state index contributed by atoms with van der Waals surface area (Å²) in [6.45, 7) is 1.22. The molecule has 1 unspecified atom stereocenters. The van der Waals surface area contributed by atoms with Crippen molar-refractivity contribution < 1.29 is 29.0 Å². The molecule has 1 aliphatic carbocycles. The molecule has 4 aliphatic rings. The van der Waals surface area contributed by atoms with Gasteiger partial charge < -0.3 is 20.1 Å². The lowest BCUT2D eigenvalue weighted by atomic mass is 9.89. The number of aliphatic carboxylic acids is 1. The number of rotatable bonds is 7. The van der Waals surface area contributed by atoms with Gasteiger partial charge in [0.2, 0.25) is 17.0 Å². The Labute approximate surface area is 179 Å². The van der Waals surface area contributed by atoms with Crippen molar-refractivity contribution in [1.82, 2.24) is 35.3 Å². The molecule has 0 bridgehead atoms. The Hall–Kier alpha value is -3.00. The largest absolute Gasteiger partial charge is 0.477 e. The number of carbonyl (C=O) groups excluding carboxylic acids is 3. The zero-order valence-electron chi connectivity index (χ0n) is 16.4. The van der Waals surface area contributed by atoms with Crippen LogP contribution in [0.5, 0.6) is 0 Å². The van der Waals surface area contributed by atoms with Gasteiger partial charge in [-0.2, -0.15) is 0 Å². The summed E-state index contributed by atoms with van der Waals surface area (Å²) in [5.74, 6) is -2.00. The SMILES string of the molecule is CC(=O)N1COC2C(CSc3nnnn3CC(=O)NC3CC3)=C(C(=O)O)N3C(=O)[C@@H]1[C@@H]23. The number of tetrazole rings is 1. The van der Waals surface area contributed by atoms with E-state index in [9.17, 15) is 24.3 Å². The third-order valence-corrected chi connectivity index (χ3v) is 6.74. The molecule has 1 saturated carbocycles. The molecule has 2 saturated heterocycles. The van der Waals surface area contributed by atoms with Crippen LogP contribution in [0.1, 0.15) is 19.8 Å². The number of hydrogen-bond donors (Lipinski definition) is 2. The average molecular weight is 449 g/mol. The maximum absolute atomic E-state index is 12.6. The van der Waals surface area contributed by atoms with Crippen molar-refractivity contribution in [1.29, 1.82) is 0 Å². The van der Waals surface area contributed by atoms with Crippen LogP contribution < -0.4 is 5.32 Å². The molecular formula is C17H19N7O6S. The molecule has 3 fully saturated rings. The highest BCUT2D eigenvalue weighted by Crippen LogP contribution is 2.46. The molecule has 0 spiro atoms. The maximum atomic E-state index is 12.6. The maximum Gasteiger partial charge on any atom is 0.352 e. The Bertz CT molecular complexity index is 1020. The lowest BCUT2D eigenvalue weighted by Gasteiger charge is -2.52. The molecule has 31 heavy (non-hydrogen) atoms. The quantitative estimate of drug-likeness (QED) is 0.358. The smallest absolute Gasteiger partial charge is 0.352 e. The van der Waals surface area contributed by atoms with Gasteiger partial charge in [0.05, 0.1) is 6.04 Å². The van der Waals surface area contributed by atoms with Crippen LogP contribution in [-0.2, 0) is 30.5 Å². The summed E-state index contributed by atoms with van der Waals surface area (Å²) in [5, 5.41) is 24.3. The summed E-state index contributed by atoms with van der Waals surface area (Å²) in [7, 11) is 0. The molecule has 4 heterocycles. The van der Waals surface area contributed by atoms with Gasteiger partial charge in [-0.3, -0.25) is 19.3 Å². The Kier molecular flexibility index (Phi) is 4.69. The highest BCUT2D eigenvalue weighted by atomic mass is 32.2. The number of nitrogens with zero attached hydrogens (tertiary/aromatic N) is 6. The zero-order valence-corrected chi connectivity index (χ0v) is 17.2. The molecule has 1 aromatic rings. The fourth-order valence-corrected chi connectivity index (χ4v) is 5.09. The van der Waals surface area contributed by atoms with E-state index < -0.39 is 30.1 Å². The number of amides is 3. The summed E-state index contributed by atoms with van der Waals surface area (Å²) in [4.78, 5) is 51.0. The number of aromatic nitrogens is 4. The second-order valence-corrected chi connectivity index (χ2v) is 8.72. The molecule has 164 valence electrons. The first-order valence-corrected chi connectivity index (χ1v) is 10.7. The summed E-state index contributed by atoms with van der Waals surface area (Å²) in [6.07, 6.45) is 1.31. The highest BCUT2D eigenvalue weighted by molar-refractivity contribution is 7.99. The van der Waals surface area contributed by atoms with Crippen molar-refractivity contribution in [3.8, 4) is 0 Å². The number of ether oxygens (including phenoxy) is 1. The van der Waals surface area contributed by atoms with E-state index in [2.05, 4.69) is 20.8 Å². The summed E-state index contributed by atoms with van der Waals surface area (Å²) in [5.41, 5.74) is 0.304. The third kappa shape index (κ3) is 3.26. The predicted molar refractivity (Wildman–Crippen MR) is 101 cm³/mol. The number of β-lactam (4-membered cyclic amide) rings is 1. The van der Waals surface area contributed by atoms with Crippen molar-refractivity contribution in [3.05, 3.63) is 11.3 Å². The number of nitrogens with one attached hydrogen (secondary N) is 1. The molecule has 3 amide bonds. The molecule has 0 aromatic carbocycles. The van der Waals surface area contributed by atoms with Gasteiger partial charge in [-0.25, -0.2) is 9.48 Å². The fourth-order valence-electron chi connectivity index (χ4n) is 4.16. The summed E-state index contributed by atoms with van der Waals surface area (Å²) < 4.78 is 7.14. The van der Waals surface area contributed by atoms with Crippen molar-refractivity contribution in [3.63, 3.8) is 0 Å². The van der Waals surface area contributed by atoms with Crippen molar-refractivity contribution >= 4 is 35.5 Å². The van der Waals surface area contributed by atoms with E-state index in [4.69, 9.17) is 4.74 Å². The monoisotopic (exact) mass is 449 g/mol. The molecule has 0 radical (unpaired) electrons. The standard InChI is InChI=1S/C17H19N7O6S/c1-7(25)22-6-30-14-9(11(16(28)29)24-12(14)13(22)15(24)27)5-31-17-19-20-21-23(17)4-10(26)18-8-2-3-8/h8,12-14H,2-6H2,1H3,(H,18,26)(H,28,29)/t12-,13-,14?/m0/s1. The molecule has 3 aliphatic heterocycles. The third-order valence-electron chi connectivity index (χ3n) is 5.74. The second-order valence-electron chi connectivity index (χ2n) is 7.78. The van der Waals surface area contributed by atoms with E-state index >= 15 is 0 Å². The summed E-state index contributed by atoms with van der Waals surface area (Å²) in [6, 6.07) is -1.05. The number of thioether (sulfide) groups is 1. The fraction of sp³-hybridized carbons (Fsp3) is 0.588. The van der Waals surface area contributed by atoms with E-state index in [1.807, 2.05) is 0 Å². The van der Waals surface area contributed by atoms with Crippen molar-refractivity contribution in [2.75, 3.05) is 12.5 Å². The topological polar surface area (TPSA) is 160 Å². The first-order chi connectivity index (χ1) is 14.9. The minimum atomic E-state index is -1.24. The molecule has 5 rings (SSSR count). The lowest BCUT2D eigenvalue weighted by molar-refractivity contribution is -0.192. The average Bonchev–Trinajstić information content (AvgIpc) is 3.32. The Balaban J connectivity index is 1.33. The number of hydrogen-bond acceptors (Lipinski definition) is 9. The van der Waals surface area contributed by atoms with Crippen LogP contribution in [-0.4, -0.2) is 95.5 Å². The Morgan fingerprint density at radius 3 is 2.77 bits per heavy atom. The van der Waals surface area contributed by atoms with Crippen LogP contribution in [0.3, 0.4) is 0 Å². The van der Waals surface area contributed by atoms with Gasteiger partial charge >= 0.3 is 5.97 Å². The van der Waals surface area contributed by atoms with Gasteiger partial charge in [0, 0.05) is 24.3 Å². The molecule has 1 aromatic heterocycles. The minimum Gasteiger partial charge on any atom is -0.477 e. The van der Waals surface area contributed by atoms with Gasteiger partial charge in [-0.05, 0) is 23.3 Å². The lowest BCUT2D eigenvalue weighted by Crippen LogP contribution is -2.75. The Morgan fingerprint density at radius 2 is 2.10 bits per heavy atom. The van der Waals surface area contributed by atoms with E-state index in [0.717, 1.165) is 24.6 Å². The second kappa shape index (κ2) is 7.30. The molecular weight excluding hydrogens is 430 g/mol. The van der Waals surface area contributed by atoms with Gasteiger partial charge in [0.1, 0.15) is 31.1 Å². The minimum absolute atomic E-state index is 0.0422. The van der Waals surface area contributed by atoms with E-state index in [1.54, 1.807) is 0 Å². The van der Waals surface area contributed by atoms with Crippen LogP contribution in [0.25, 0.3) is 0 Å². The zero-order chi connectivity index (χ0) is 21.9. The normalized spacial score (nSPS) is 26.6. The molecule has 3 atom stereocenters. The molecule has 2 N–H and O–H groups in total. The van der Waals surface area contributed by atoms with Crippen LogP contribution in [0.2, 0.25) is 0 Å². The van der Waals surface area contributed by atoms with Crippen LogP contribution >= 0.6 is 11.8 Å². The Morgan fingerprint density at radius 1 is 1.32 bits per heavy atom. The first kappa shape index (κ1) is 19.9. The van der Waals surface area contributed by atoms with Crippen LogP contribution in [0.4, 0.5) is 0 Å². The van der Waals surface area contributed by atoms with E-state index in [0.29, 0.717) is 10.7 Å². The number of carboxylic acids is 1. The molecule has 14 heteroatoms. The first-order valence-electron chi connectivity index (χ1n) is 9.73. The van der Waals surface area contributed by atoms with E-state index in [-0.39, 0.29) is 42.6 Å². The van der Waals surface area contributed by atoms with Crippen LogP contribution in [0.15, 0.2) is 16.4 Å². The van der Waals surface area contributed by atoms with E-state index in [1.165, 1.54) is 21.4 Å². The van der Waals surface area contributed by atoms with Gasteiger partial charge in [0.15, 0.2) is 0 Å². The van der Waals surface area contributed by atoms with Gasteiger partial charge in [-0.15, -0.1) is 5.10 Å². The number of carboxylic acid groups (broad SMARTS) is 1. The highest BCUT2D eigenvalue weighted by Gasteiger charge is 2.64. The number of carbonyl (C=O) groups is 4. The van der Waals surface area contributed by atoms with Gasteiger partial charge in [-0.1, -0.05) is 11.8 Å². The predicted octanol–water partition coefficient (Wildman–Crippen LogP) is -1.82. The van der Waals surface area contributed by atoms with Crippen molar-refractivity contribution in [2.24, 2.45) is 0 Å². The molecule has 13 nitrogen and oxygen atoms in total. The van der Waals surface area contributed by atoms with Crippen LogP contribution in [0, 0.1) is 0 Å². The van der Waals surface area contributed by atoms with Gasteiger partial charge in [0.25, 0.3) is 5.91 Å².